The summed E-state index contributed by atoms with van der Waals surface area (Å²) in [5.74, 6) is 0. The lowest BCUT2D eigenvalue weighted by atomic mass is 9.95. The van der Waals surface area contributed by atoms with Gasteiger partial charge < -0.3 is 0 Å². The van der Waals surface area contributed by atoms with Gasteiger partial charge in [0.2, 0.25) is 0 Å². The molecule has 0 bridgehead atoms. The highest BCUT2D eigenvalue weighted by molar-refractivity contribution is 5.34. The molecular formula is C21H36. The minimum atomic E-state index is 1.18. The van der Waals surface area contributed by atoms with Crippen molar-refractivity contribution in [3.63, 3.8) is 0 Å². The zero-order chi connectivity index (χ0) is 15.3. The van der Waals surface area contributed by atoms with E-state index in [2.05, 4.69) is 39.0 Å². The first kappa shape index (κ1) is 18.3. The molecule has 0 nitrogen and oxygen atoms in total. The summed E-state index contributed by atoms with van der Waals surface area (Å²) in [6.07, 6.45) is 16.7. The van der Waals surface area contributed by atoms with Crippen LogP contribution in [0.4, 0.5) is 0 Å². The van der Waals surface area contributed by atoms with Gasteiger partial charge in [-0.25, -0.2) is 0 Å². The van der Waals surface area contributed by atoms with Gasteiger partial charge in [-0.1, -0.05) is 89.8 Å². The molecule has 0 saturated carbocycles. The van der Waals surface area contributed by atoms with Gasteiger partial charge in [-0.2, -0.15) is 0 Å². The van der Waals surface area contributed by atoms with Crippen LogP contribution in [-0.4, -0.2) is 0 Å². The molecule has 0 aliphatic carbocycles. The summed E-state index contributed by atoms with van der Waals surface area (Å²) >= 11 is 0. The van der Waals surface area contributed by atoms with E-state index in [-0.39, 0.29) is 0 Å². The second-order valence-electron chi connectivity index (χ2n) is 6.50. The van der Waals surface area contributed by atoms with E-state index in [0.717, 1.165) is 0 Å². The fourth-order valence-electron chi connectivity index (χ4n) is 3.31. The summed E-state index contributed by atoms with van der Waals surface area (Å²) in [5.41, 5.74) is 4.66. The number of hydrogen-bond donors (Lipinski definition) is 0. The van der Waals surface area contributed by atoms with Gasteiger partial charge in [0, 0.05) is 0 Å². The Bertz CT molecular complexity index is 364. The zero-order valence-corrected chi connectivity index (χ0v) is 14.7. The van der Waals surface area contributed by atoms with E-state index in [9.17, 15) is 0 Å². The average Bonchev–Trinajstić information content (AvgIpc) is 2.49. The highest BCUT2D eigenvalue weighted by atomic mass is 14.1. The molecule has 0 heterocycles. The molecular weight excluding hydrogens is 252 g/mol. The number of rotatable bonds is 12. The molecule has 0 heteroatoms. The first-order chi connectivity index (χ1) is 10.3. The normalized spacial score (nSPS) is 11.0. The van der Waals surface area contributed by atoms with Gasteiger partial charge in [0.25, 0.3) is 0 Å². The fraction of sp³-hybridized carbons (Fsp3) is 0.714. The van der Waals surface area contributed by atoms with Crippen molar-refractivity contribution in [2.45, 2.75) is 97.8 Å². The lowest BCUT2D eigenvalue weighted by Gasteiger charge is -2.10. The summed E-state index contributed by atoms with van der Waals surface area (Å²) in [4.78, 5) is 0. The minimum absolute atomic E-state index is 1.18. The second-order valence-corrected chi connectivity index (χ2v) is 6.50. The van der Waals surface area contributed by atoms with Crippen molar-refractivity contribution >= 4 is 0 Å². The molecule has 0 saturated heterocycles. The van der Waals surface area contributed by atoms with Crippen LogP contribution in [0.3, 0.4) is 0 Å². The van der Waals surface area contributed by atoms with E-state index in [1.54, 1.807) is 11.1 Å². The molecule has 0 atom stereocenters. The van der Waals surface area contributed by atoms with E-state index in [1.807, 2.05) is 0 Å². The third-order valence-electron chi connectivity index (χ3n) is 4.66. The number of hydrogen-bond acceptors (Lipinski definition) is 0. The van der Waals surface area contributed by atoms with Gasteiger partial charge in [-0.15, -0.1) is 0 Å². The van der Waals surface area contributed by atoms with Crippen LogP contribution in [0.5, 0.6) is 0 Å². The largest absolute Gasteiger partial charge is 0.0654 e. The zero-order valence-electron chi connectivity index (χ0n) is 14.7. The minimum Gasteiger partial charge on any atom is -0.0654 e. The highest BCUT2D eigenvalue weighted by Gasteiger charge is 2.03. The Hall–Kier alpha value is -0.780. The quantitative estimate of drug-likeness (QED) is 0.362. The molecule has 0 unspecified atom stereocenters. The molecule has 0 radical (unpaired) electrons. The van der Waals surface area contributed by atoms with Crippen LogP contribution in [0.1, 0.15) is 94.7 Å². The van der Waals surface area contributed by atoms with Gasteiger partial charge in [-0.3, -0.25) is 0 Å². The fourth-order valence-corrected chi connectivity index (χ4v) is 3.31. The molecule has 120 valence electrons. The van der Waals surface area contributed by atoms with Crippen molar-refractivity contribution < 1.29 is 0 Å². The van der Waals surface area contributed by atoms with E-state index in [1.165, 1.54) is 82.6 Å². The maximum Gasteiger partial charge on any atom is -0.0276 e. The molecule has 0 aromatic heterocycles. The van der Waals surface area contributed by atoms with Crippen LogP contribution in [0, 0.1) is 6.92 Å². The molecule has 0 amide bonds. The Labute approximate surface area is 133 Å². The first-order valence-corrected chi connectivity index (χ1v) is 9.37. The number of benzene rings is 1. The van der Waals surface area contributed by atoms with Gasteiger partial charge in [0.15, 0.2) is 0 Å². The van der Waals surface area contributed by atoms with Crippen molar-refractivity contribution in [3.05, 3.63) is 34.9 Å². The summed E-state index contributed by atoms with van der Waals surface area (Å²) in [6.45, 7) is 6.82. The molecule has 21 heavy (non-hydrogen) atoms. The van der Waals surface area contributed by atoms with E-state index in [0.29, 0.717) is 0 Å². The number of unbranched alkanes of at least 4 members (excludes halogenated alkanes) is 9. The van der Waals surface area contributed by atoms with E-state index in [4.69, 9.17) is 0 Å². The lowest BCUT2D eigenvalue weighted by Crippen LogP contribution is -1.96. The van der Waals surface area contributed by atoms with Crippen molar-refractivity contribution in [1.29, 1.82) is 0 Å². The molecule has 0 N–H and O–H groups in total. The topological polar surface area (TPSA) is 0 Å². The average molecular weight is 289 g/mol. The highest BCUT2D eigenvalue weighted by Crippen LogP contribution is 2.18. The standard InChI is InChI=1S/C21H36/c1-4-6-7-8-9-10-11-12-13-14-17-20-18-15-16-19(3)21(20)5-2/h15-16,18H,4-14,17H2,1-3H3. The smallest absolute Gasteiger partial charge is 0.0276 e. The Morgan fingerprint density at radius 2 is 1.29 bits per heavy atom. The SMILES string of the molecule is CCCCCCCCCCCCc1cccc(C)c1CC. The van der Waals surface area contributed by atoms with Crippen LogP contribution < -0.4 is 0 Å². The van der Waals surface area contributed by atoms with Crippen LogP contribution in [0.25, 0.3) is 0 Å². The number of aryl methyl sites for hydroxylation is 2. The molecule has 0 aliphatic rings. The molecule has 0 aliphatic heterocycles. The van der Waals surface area contributed by atoms with Gasteiger partial charge in [0.05, 0.1) is 0 Å². The second kappa shape index (κ2) is 11.8. The molecule has 1 rings (SSSR count). The van der Waals surface area contributed by atoms with E-state index >= 15 is 0 Å². The predicted molar refractivity (Wildman–Crippen MR) is 96.1 cm³/mol. The Morgan fingerprint density at radius 3 is 1.86 bits per heavy atom. The third-order valence-corrected chi connectivity index (χ3v) is 4.66. The lowest BCUT2D eigenvalue weighted by molar-refractivity contribution is 0.556. The predicted octanol–water partition coefficient (Wildman–Crippen LogP) is 7.02. The third kappa shape index (κ3) is 7.69. The summed E-state index contributed by atoms with van der Waals surface area (Å²) < 4.78 is 0. The molecule has 0 spiro atoms. The Morgan fingerprint density at radius 1 is 0.714 bits per heavy atom. The monoisotopic (exact) mass is 288 g/mol. The Balaban J connectivity index is 2.06. The summed E-state index contributed by atoms with van der Waals surface area (Å²) in [6, 6.07) is 6.81. The van der Waals surface area contributed by atoms with Crippen LogP contribution in [0.15, 0.2) is 18.2 Å². The maximum atomic E-state index is 2.33. The summed E-state index contributed by atoms with van der Waals surface area (Å²) in [5, 5.41) is 0. The van der Waals surface area contributed by atoms with Gasteiger partial charge in [0.1, 0.15) is 0 Å². The van der Waals surface area contributed by atoms with Crippen molar-refractivity contribution in [1.82, 2.24) is 0 Å². The maximum absolute atomic E-state index is 2.33. The molecule has 0 fully saturated rings. The first-order valence-electron chi connectivity index (χ1n) is 9.37. The van der Waals surface area contributed by atoms with Crippen LogP contribution >= 0.6 is 0 Å². The van der Waals surface area contributed by atoms with Crippen LogP contribution in [-0.2, 0) is 12.8 Å². The van der Waals surface area contributed by atoms with E-state index < -0.39 is 0 Å². The van der Waals surface area contributed by atoms with Crippen molar-refractivity contribution in [2.24, 2.45) is 0 Å². The Kier molecular flexibility index (Phi) is 10.3. The van der Waals surface area contributed by atoms with Crippen molar-refractivity contribution in [3.8, 4) is 0 Å². The van der Waals surface area contributed by atoms with Crippen molar-refractivity contribution in [2.75, 3.05) is 0 Å². The summed E-state index contributed by atoms with van der Waals surface area (Å²) in [7, 11) is 0. The van der Waals surface area contributed by atoms with Gasteiger partial charge >= 0.3 is 0 Å². The molecule has 1 aromatic rings. The molecule has 1 aromatic carbocycles. The van der Waals surface area contributed by atoms with Crippen LogP contribution in [0.2, 0.25) is 0 Å². The van der Waals surface area contributed by atoms with Gasteiger partial charge in [-0.05, 0) is 42.9 Å².